The zero-order chi connectivity index (χ0) is 16.0. The third kappa shape index (κ3) is 2.09. The van der Waals surface area contributed by atoms with E-state index in [1.54, 1.807) is 18.2 Å². The number of allylic oxidation sites excluding steroid dienone is 1. The smallest absolute Gasteiger partial charge is 0.340 e. The van der Waals surface area contributed by atoms with Crippen LogP contribution in [0.4, 0.5) is 0 Å². The minimum Gasteiger partial charge on any atom is -0.478 e. The van der Waals surface area contributed by atoms with Crippen LogP contribution in [0.2, 0.25) is 0 Å². The first kappa shape index (κ1) is 13.6. The van der Waals surface area contributed by atoms with E-state index in [9.17, 15) is 14.7 Å². The Morgan fingerprint density at radius 1 is 1.13 bits per heavy atom. The Kier molecular flexibility index (Phi) is 2.94. The molecule has 0 aromatic heterocycles. The van der Waals surface area contributed by atoms with Gasteiger partial charge in [0.25, 0.3) is 0 Å². The van der Waals surface area contributed by atoms with Crippen LogP contribution in [0, 0.1) is 0 Å². The first-order valence-electron chi connectivity index (χ1n) is 7.14. The van der Waals surface area contributed by atoms with E-state index < -0.39 is 5.97 Å². The van der Waals surface area contributed by atoms with Crippen LogP contribution in [0.5, 0.6) is 11.5 Å². The first-order valence-corrected chi connectivity index (χ1v) is 7.14. The fourth-order valence-corrected chi connectivity index (χ4v) is 3.00. The minimum atomic E-state index is -1.11. The van der Waals surface area contributed by atoms with Crippen LogP contribution in [0.25, 0.3) is 11.6 Å². The van der Waals surface area contributed by atoms with Crippen LogP contribution < -0.4 is 9.47 Å². The fourth-order valence-electron chi connectivity index (χ4n) is 3.00. The topological polar surface area (TPSA) is 72.8 Å². The molecule has 1 aliphatic heterocycles. The summed E-state index contributed by atoms with van der Waals surface area (Å²) in [5, 5.41) is 9.52. The number of carboxylic acids is 1. The molecule has 0 unspecified atom stereocenters. The maximum Gasteiger partial charge on any atom is 0.340 e. The summed E-state index contributed by atoms with van der Waals surface area (Å²) in [6, 6.07) is 10.8. The molecule has 0 bridgehead atoms. The standard InChI is InChI=1S/C18H12O5/c19-14-8-10-3-1-2-4-12(10)13(14)7-11-5-6-15-17(23-9-22-15)16(11)18(20)21/h1-7H,8-9H2,(H,20,21)/b13-7+. The fraction of sp³-hybridized carbons (Fsp3) is 0.111. The predicted octanol–water partition coefficient (Wildman–Crippen LogP) is 2.78. The van der Waals surface area contributed by atoms with Gasteiger partial charge in [-0.2, -0.15) is 0 Å². The van der Waals surface area contributed by atoms with Crippen LogP contribution in [-0.4, -0.2) is 23.7 Å². The van der Waals surface area contributed by atoms with Gasteiger partial charge in [-0.05, 0) is 28.8 Å². The molecule has 0 radical (unpaired) electrons. The van der Waals surface area contributed by atoms with Gasteiger partial charge in [-0.1, -0.05) is 30.3 Å². The van der Waals surface area contributed by atoms with Crippen molar-refractivity contribution < 1.29 is 24.2 Å². The van der Waals surface area contributed by atoms with E-state index in [1.807, 2.05) is 24.3 Å². The number of ketones is 1. The van der Waals surface area contributed by atoms with Crippen molar-refractivity contribution in [3.63, 3.8) is 0 Å². The van der Waals surface area contributed by atoms with E-state index in [0.717, 1.165) is 11.1 Å². The largest absolute Gasteiger partial charge is 0.478 e. The summed E-state index contributed by atoms with van der Waals surface area (Å²) in [4.78, 5) is 23.9. The molecule has 0 atom stereocenters. The highest BCUT2D eigenvalue weighted by atomic mass is 16.7. The number of hydrogen-bond donors (Lipinski definition) is 1. The second-order valence-corrected chi connectivity index (χ2v) is 5.38. The molecule has 1 heterocycles. The molecule has 4 rings (SSSR count). The second kappa shape index (κ2) is 4.98. The normalized spacial score (nSPS) is 16.7. The van der Waals surface area contributed by atoms with Crippen molar-refractivity contribution in [2.75, 3.05) is 6.79 Å². The number of benzene rings is 2. The molecule has 0 spiro atoms. The molecule has 23 heavy (non-hydrogen) atoms. The molecule has 5 heteroatoms. The second-order valence-electron chi connectivity index (χ2n) is 5.38. The summed E-state index contributed by atoms with van der Waals surface area (Å²) >= 11 is 0. The molecule has 2 aromatic rings. The summed E-state index contributed by atoms with van der Waals surface area (Å²) in [7, 11) is 0. The van der Waals surface area contributed by atoms with Gasteiger partial charge in [-0.25, -0.2) is 4.79 Å². The summed E-state index contributed by atoms with van der Waals surface area (Å²) < 4.78 is 10.5. The molecule has 114 valence electrons. The number of carboxylic acid groups (broad SMARTS) is 1. The minimum absolute atomic E-state index is 0.00258. The lowest BCUT2D eigenvalue weighted by molar-refractivity contribution is -0.112. The maximum absolute atomic E-state index is 12.3. The maximum atomic E-state index is 12.3. The number of hydrogen-bond acceptors (Lipinski definition) is 4. The van der Waals surface area contributed by atoms with Gasteiger partial charge in [-0.3, -0.25) is 4.79 Å². The van der Waals surface area contributed by atoms with Crippen molar-refractivity contribution in [1.82, 2.24) is 0 Å². The Morgan fingerprint density at radius 3 is 2.78 bits per heavy atom. The number of ether oxygens (including phenoxy) is 2. The SMILES string of the molecule is O=C1Cc2ccccc2/C1=C\c1ccc2c(c1C(=O)O)OCO2. The average molecular weight is 308 g/mol. The molecule has 0 saturated carbocycles. The lowest BCUT2D eigenvalue weighted by atomic mass is 9.99. The molecular weight excluding hydrogens is 296 g/mol. The van der Waals surface area contributed by atoms with Crippen LogP contribution in [-0.2, 0) is 11.2 Å². The molecule has 2 aliphatic rings. The molecule has 2 aromatic carbocycles. The zero-order valence-corrected chi connectivity index (χ0v) is 12.0. The van der Waals surface area contributed by atoms with Crippen molar-refractivity contribution in [3.8, 4) is 11.5 Å². The van der Waals surface area contributed by atoms with E-state index in [2.05, 4.69) is 0 Å². The van der Waals surface area contributed by atoms with Crippen LogP contribution in [0.15, 0.2) is 36.4 Å². The monoisotopic (exact) mass is 308 g/mol. The highest BCUT2D eigenvalue weighted by molar-refractivity contribution is 6.29. The number of fused-ring (bicyclic) bond motifs is 2. The Bertz CT molecular complexity index is 879. The zero-order valence-electron chi connectivity index (χ0n) is 12.0. The molecule has 1 N–H and O–H groups in total. The van der Waals surface area contributed by atoms with E-state index >= 15 is 0 Å². The Labute approximate surface area is 131 Å². The molecule has 0 fully saturated rings. The van der Waals surface area contributed by atoms with Crippen LogP contribution >= 0.6 is 0 Å². The van der Waals surface area contributed by atoms with Gasteiger partial charge >= 0.3 is 5.97 Å². The Hall–Kier alpha value is -3.08. The van der Waals surface area contributed by atoms with Gasteiger partial charge < -0.3 is 14.6 Å². The van der Waals surface area contributed by atoms with Gasteiger partial charge in [0, 0.05) is 12.0 Å². The van der Waals surface area contributed by atoms with Gasteiger partial charge in [-0.15, -0.1) is 0 Å². The lowest BCUT2D eigenvalue weighted by Gasteiger charge is -2.07. The van der Waals surface area contributed by atoms with Gasteiger partial charge in [0.2, 0.25) is 6.79 Å². The highest BCUT2D eigenvalue weighted by Gasteiger charge is 2.28. The van der Waals surface area contributed by atoms with Crippen molar-refractivity contribution in [2.45, 2.75) is 6.42 Å². The predicted molar refractivity (Wildman–Crippen MR) is 82.5 cm³/mol. The van der Waals surface area contributed by atoms with Gasteiger partial charge in [0.15, 0.2) is 17.3 Å². The molecule has 5 nitrogen and oxygen atoms in total. The van der Waals surface area contributed by atoms with Crippen molar-refractivity contribution in [3.05, 3.63) is 58.7 Å². The Morgan fingerprint density at radius 2 is 1.96 bits per heavy atom. The third-order valence-corrected chi connectivity index (χ3v) is 4.04. The quantitative estimate of drug-likeness (QED) is 0.864. The van der Waals surface area contributed by atoms with E-state index in [1.165, 1.54) is 0 Å². The highest BCUT2D eigenvalue weighted by Crippen LogP contribution is 2.39. The first-order chi connectivity index (χ1) is 11.1. The summed E-state index contributed by atoms with van der Waals surface area (Å²) in [5.41, 5.74) is 2.79. The number of Topliss-reactive ketones (excluding diaryl/α,β-unsaturated/α-hetero) is 1. The van der Waals surface area contributed by atoms with Crippen molar-refractivity contribution >= 4 is 23.4 Å². The molecule has 0 amide bonds. The summed E-state index contributed by atoms with van der Waals surface area (Å²) in [5.74, 6) is -0.508. The van der Waals surface area contributed by atoms with E-state index in [4.69, 9.17) is 9.47 Å². The average Bonchev–Trinajstić information content (AvgIpc) is 3.11. The molecule has 0 saturated heterocycles. The van der Waals surface area contributed by atoms with Crippen LogP contribution in [0.3, 0.4) is 0 Å². The number of carbonyl (C=O) groups is 2. The number of carbonyl (C=O) groups excluding carboxylic acids is 1. The van der Waals surface area contributed by atoms with Gasteiger partial charge in [0.1, 0.15) is 5.56 Å². The number of aromatic carboxylic acids is 1. The summed E-state index contributed by atoms with van der Waals surface area (Å²) in [6.45, 7) is -0.00258. The van der Waals surface area contributed by atoms with Gasteiger partial charge in [0.05, 0.1) is 0 Å². The van der Waals surface area contributed by atoms with Crippen molar-refractivity contribution in [2.24, 2.45) is 0 Å². The molecule has 1 aliphatic carbocycles. The van der Waals surface area contributed by atoms with Crippen LogP contribution in [0.1, 0.15) is 27.0 Å². The molecular formula is C18H12O5. The Balaban J connectivity index is 1.90. The number of rotatable bonds is 2. The lowest BCUT2D eigenvalue weighted by Crippen LogP contribution is -2.03. The summed E-state index contributed by atoms with van der Waals surface area (Å²) in [6.07, 6.45) is 1.97. The van der Waals surface area contributed by atoms with E-state index in [-0.39, 0.29) is 23.9 Å². The van der Waals surface area contributed by atoms with E-state index in [0.29, 0.717) is 23.3 Å². The third-order valence-electron chi connectivity index (χ3n) is 4.04. The van der Waals surface area contributed by atoms with Crippen molar-refractivity contribution in [1.29, 1.82) is 0 Å².